The monoisotopic (exact) mass is 360 g/mol. The molecule has 128 valence electrons. The van der Waals surface area contributed by atoms with Crippen molar-refractivity contribution in [3.8, 4) is 0 Å². The summed E-state index contributed by atoms with van der Waals surface area (Å²) in [4.78, 5) is 7.87. The molecule has 0 spiro atoms. The van der Waals surface area contributed by atoms with Gasteiger partial charge in [-0.1, -0.05) is 11.6 Å². The number of nitrogens with one attached hydrogen (secondary N) is 1. The largest absolute Gasteiger partial charge is 0.381 e. The Bertz CT molecular complexity index is 931. The molecule has 0 amide bonds. The Balaban J connectivity index is 1.91. The molecule has 0 bridgehead atoms. The molecule has 0 atom stereocenters. The average Bonchev–Trinajstić information content (AvgIpc) is 2.57. The number of benzene rings is 1. The number of pyridine rings is 2. The van der Waals surface area contributed by atoms with Gasteiger partial charge in [0.15, 0.2) is 11.6 Å². The Hall–Kier alpha value is -2.73. The molecule has 0 radical (unpaired) electrons. The predicted molar refractivity (Wildman–Crippen MR) is 95.1 cm³/mol. The molecule has 2 heterocycles. The van der Waals surface area contributed by atoms with Gasteiger partial charge in [0, 0.05) is 23.8 Å². The molecule has 3 aromatic rings. The fraction of sp³-hybridized carbons (Fsp3) is 0.111. The Kier molecular flexibility index (Phi) is 4.81. The van der Waals surface area contributed by atoms with Crippen molar-refractivity contribution in [3.05, 3.63) is 76.2 Å². The molecule has 25 heavy (non-hydrogen) atoms. The summed E-state index contributed by atoms with van der Waals surface area (Å²) in [5, 5.41) is 3.31. The quantitative estimate of drug-likeness (QED) is 0.711. The SMILES string of the molecule is Cc1c(Cc2ccnc(N)c2F)cncc1Nc1ccc(Cl)cc1F. The molecule has 0 saturated carbocycles. The van der Waals surface area contributed by atoms with Crippen LogP contribution in [-0.4, -0.2) is 9.97 Å². The topological polar surface area (TPSA) is 63.8 Å². The standard InChI is InChI=1S/C18H15ClF2N4/c1-10-12(6-11-4-5-24-18(22)17(11)21)8-23-9-16(10)25-15-3-2-13(19)7-14(15)20/h2-5,7-9,25H,6H2,1H3,(H2,22,24). The molecule has 1 aromatic carbocycles. The maximum absolute atomic E-state index is 14.1. The summed E-state index contributed by atoms with van der Waals surface area (Å²) < 4.78 is 28.0. The second-order valence-electron chi connectivity index (χ2n) is 5.57. The molecule has 4 nitrogen and oxygen atoms in total. The van der Waals surface area contributed by atoms with Crippen LogP contribution in [0.25, 0.3) is 0 Å². The van der Waals surface area contributed by atoms with Crippen molar-refractivity contribution in [2.45, 2.75) is 13.3 Å². The van der Waals surface area contributed by atoms with E-state index in [1.807, 2.05) is 6.92 Å². The third kappa shape index (κ3) is 3.69. The number of hydrogen-bond donors (Lipinski definition) is 2. The smallest absolute Gasteiger partial charge is 0.168 e. The molecule has 0 aliphatic carbocycles. The molecule has 0 aliphatic rings. The normalized spacial score (nSPS) is 10.7. The Morgan fingerprint density at radius 2 is 1.92 bits per heavy atom. The van der Waals surface area contributed by atoms with Crippen LogP contribution in [0.4, 0.5) is 26.0 Å². The van der Waals surface area contributed by atoms with Crippen LogP contribution in [0, 0.1) is 18.6 Å². The van der Waals surface area contributed by atoms with E-state index in [4.69, 9.17) is 17.3 Å². The molecule has 2 aromatic heterocycles. The van der Waals surface area contributed by atoms with Crippen LogP contribution in [0.5, 0.6) is 0 Å². The molecule has 0 fully saturated rings. The molecule has 3 N–H and O–H groups in total. The van der Waals surface area contributed by atoms with E-state index in [-0.39, 0.29) is 11.5 Å². The van der Waals surface area contributed by atoms with E-state index in [2.05, 4.69) is 15.3 Å². The van der Waals surface area contributed by atoms with Crippen molar-refractivity contribution >= 4 is 28.8 Å². The highest BCUT2D eigenvalue weighted by atomic mass is 35.5. The minimum Gasteiger partial charge on any atom is -0.381 e. The van der Waals surface area contributed by atoms with Crippen molar-refractivity contribution < 1.29 is 8.78 Å². The van der Waals surface area contributed by atoms with Crippen LogP contribution in [0.2, 0.25) is 5.02 Å². The number of nitrogens with zero attached hydrogens (tertiary/aromatic N) is 2. The summed E-state index contributed by atoms with van der Waals surface area (Å²) in [7, 11) is 0. The number of anilines is 3. The van der Waals surface area contributed by atoms with Crippen molar-refractivity contribution in [3.63, 3.8) is 0 Å². The van der Waals surface area contributed by atoms with E-state index in [0.29, 0.717) is 22.7 Å². The van der Waals surface area contributed by atoms with Gasteiger partial charge in [-0.05, 0) is 47.9 Å². The molecular weight excluding hydrogens is 346 g/mol. The van der Waals surface area contributed by atoms with Gasteiger partial charge in [0.05, 0.1) is 17.6 Å². The zero-order valence-corrected chi connectivity index (χ0v) is 14.1. The number of rotatable bonds is 4. The summed E-state index contributed by atoms with van der Waals surface area (Å²) >= 11 is 5.76. The summed E-state index contributed by atoms with van der Waals surface area (Å²) in [6.45, 7) is 1.86. The number of hydrogen-bond acceptors (Lipinski definition) is 4. The lowest BCUT2D eigenvalue weighted by Gasteiger charge is -2.14. The fourth-order valence-corrected chi connectivity index (χ4v) is 2.61. The first kappa shape index (κ1) is 17.1. The highest BCUT2D eigenvalue weighted by Crippen LogP contribution is 2.27. The predicted octanol–water partition coefficient (Wildman–Crippen LogP) is 4.63. The first-order valence-electron chi connectivity index (χ1n) is 7.50. The van der Waals surface area contributed by atoms with E-state index in [9.17, 15) is 8.78 Å². The Morgan fingerprint density at radius 3 is 2.68 bits per heavy atom. The maximum atomic E-state index is 14.1. The van der Waals surface area contributed by atoms with Gasteiger partial charge in [-0.15, -0.1) is 0 Å². The van der Waals surface area contributed by atoms with E-state index in [1.165, 1.54) is 12.3 Å². The number of aromatic nitrogens is 2. The summed E-state index contributed by atoms with van der Waals surface area (Å²) in [5.74, 6) is -1.14. The third-order valence-corrected chi connectivity index (χ3v) is 4.13. The summed E-state index contributed by atoms with van der Waals surface area (Å²) in [5.41, 5.74) is 8.47. The van der Waals surface area contributed by atoms with Gasteiger partial charge in [0.2, 0.25) is 0 Å². The number of halogens is 3. The molecular formula is C18H15ClF2N4. The van der Waals surface area contributed by atoms with Crippen LogP contribution in [0.15, 0.2) is 42.9 Å². The van der Waals surface area contributed by atoms with Crippen LogP contribution < -0.4 is 11.1 Å². The second kappa shape index (κ2) is 7.03. The van der Waals surface area contributed by atoms with Crippen molar-refractivity contribution in [1.82, 2.24) is 9.97 Å². The van der Waals surface area contributed by atoms with E-state index in [1.54, 1.807) is 30.6 Å². The molecule has 0 saturated heterocycles. The van der Waals surface area contributed by atoms with Gasteiger partial charge in [-0.3, -0.25) is 4.98 Å². The number of nitrogen functional groups attached to an aromatic ring is 1. The second-order valence-corrected chi connectivity index (χ2v) is 6.00. The lowest BCUT2D eigenvalue weighted by atomic mass is 10.0. The van der Waals surface area contributed by atoms with Gasteiger partial charge < -0.3 is 11.1 Å². The lowest BCUT2D eigenvalue weighted by molar-refractivity contribution is 0.613. The fourth-order valence-electron chi connectivity index (χ4n) is 2.45. The highest BCUT2D eigenvalue weighted by molar-refractivity contribution is 6.30. The van der Waals surface area contributed by atoms with Crippen molar-refractivity contribution in [2.75, 3.05) is 11.1 Å². The maximum Gasteiger partial charge on any atom is 0.168 e. The van der Waals surface area contributed by atoms with Gasteiger partial charge in [0.1, 0.15) is 5.82 Å². The molecule has 3 rings (SSSR count). The minimum absolute atomic E-state index is 0.138. The van der Waals surface area contributed by atoms with Gasteiger partial charge in [-0.25, -0.2) is 13.8 Å². The Labute approximate surface area is 148 Å². The third-order valence-electron chi connectivity index (χ3n) is 3.90. The summed E-state index contributed by atoms with van der Waals surface area (Å²) in [6.07, 6.45) is 5.00. The lowest BCUT2D eigenvalue weighted by Crippen LogP contribution is -2.04. The van der Waals surface area contributed by atoms with Gasteiger partial charge in [0.25, 0.3) is 0 Å². The van der Waals surface area contributed by atoms with Crippen molar-refractivity contribution in [2.24, 2.45) is 0 Å². The van der Waals surface area contributed by atoms with E-state index >= 15 is 0 Å². The van der Waals surface area contributed by atoms with Crippen molar-refractivity contribution in [1.29, 1.82) is 0 Å². The van der Waals surface area contributed by atoms with Gasteiger partial charge in [-0.2, -0.15) is 0 Å². The average molecular weight is 361 g/mol. The molecule has 0 aliphatic heterocycles. The summed E-state index contributed by atoms with van der Waals surface area (Å²) in [6, 6.07) is 5.94. The zero-order chi connectivity index (χ0) is 18.0. The first-order valence-corrected chi connectivity index (χ1v) is 7.88. The van der Waals surface area contributed by atoms with E-state index < -0.39 is 11.6 Å². The van der Waals surface area contributed by atoms with Gasteiger partial charge >= 0.3 is 0 Å². The van der Waals surface area contributed by atoms with Crippen LogP contribution in [0.1, 0.15) is 16.7 Å². The zero-order valence-electron chi connectivity index (χ0n) is 13.4. The Morgan fingerprint density at radius 1 is 1.12 bits per heavy atom. The molecule has 0 unspecified atom stereocenters. The number of nitrogens with two attached hydrogens (primary N) is 1. The highest BCUT2D eigenvalue weighted by Gasteiger charge is 2.12. The van der Waals surface area contributed by atoms with Crippen LogP contribution in [0.3, 0.4) is 0 Å². The molecule has 7 heteroatoms. The van der Waals surface area contributed by atoms with E-state index in [0.717, 1.165) is 11.1 Å². The first-order chi connectivity index (χ1) is 12.0. The van der Waals surface area contributed by atoms with Crippen LogP contribution in [-0.2, 0) is 6.42 Å². The van der Waals surface area contributed by atoms with Crippen LogP contribution >= 0.6 is 11.6 Å². The minimum atomic E-state index is -0.538.